The molecule has 5 atom stereocenters. The summed E-state index contributed by atoms with van der Waals surface area (Å²) in [6.07, 6.45) is -2.27. The molecule has 0 saturated carbocycles. The van der Waals surface area contributed by atoms with Crippen molar-refractivity contribution >= 4 is 16.9 Å². The third kappa shape index (κ3) is 1.97. The predicted octanol–water partition coefficient (Wildman–Crippen LogP) is -0.457. The lowest BCUT2D eigenvalue weighted by Crippen LogP contribution is -2.45. The highest BCUT2D eigenvalue weighted by molar-refractivity contribution is 5.86. The van der Waals surface area contributed by atoms with E-state index in [0.29, 0.717) is 0 Å². The van der Waals surface area contributed by atoms with Crippen molar-refractivity contribution in [1.82, 2.24) is 14.5 Å². The Hall–Kier alpha value is -1.81. The van der Waals surface area contributed by atoms with Gasteiger partial charge in [-0.2, -0.15) is 0 Å². The fraction of sp³-hybridized carbons (Fsp3) is 0.538. The van der Waals surface area contributed by atoms with Crippen LogP contribution in [-0.2, 0) is 4.74 Å². The van der Waals surface area contributed by atoms with Crippen molar-refractivity contribution in [3.05, 3.63) is 18.3 Å². The average Bonchev–Trinajstić information content (AvgIpc) is 2.87. The molecule has 5 N–H and O–H groups in total. The first kappa shape index (κ1) is 15.1. The number of fused-ring (bicyclic) bond motifs is 1. The van der Waals surface area contributed by atoms with E-state index in [2.05, 4.69) is 9.97 Å². The van der Waals surface area contributed by atoms with E-state index in [0.717, 1.165) is 6.20 Å². The highest BCUT2D eigenvalue weighted by Gasteiger charge is 2.54. The van der Waals surface area contributed by atoms with Gasteiger partial charge in [-0.3, -0.25) is 4.57 Å². The summed E-state index contributed by atoms with van der Waals surface area (Å²) in [4.78, 5) is 7.69. The number of aliphatic hydroxyl groups is 3. The van der Waals surface area contributed by atoms with Gasteiger partial charge in [0.2, 0.25) is 0 Å². The number of aromatic nitrogens is 3. The van der Waals surface area contributed by atoms with Crippen molar-refractivity contribution in [2.75, 3.05) is 5.73 Å². The molecule has 5 unspecified atom stereocenters. The van der Waals surface area contributed by atoms with Gasteiger partial charge in [0, 0.05) is 6.20 Å². The number of rotatable bonds is 2. The van der Waals surface area contributed by atoms with Crippen LogP contribution in [0.1, 0.15) is 20.1 Å². The van der Waals surface area contributed by atoms with E-state index in [1.165, 1.54) is 24.7 Å². The van der Waals surface area contributed by atoms with Gasteiger partial charge >= 0.3 is 0 Å². The van der Waals surface area contributed by atoms with Crippen molar-refractivity contribution < 1.29 is 24.4 Å². The van der Waals surface area contributed by atoms with Crippen LogP contribution in [0.2, 0.25) is 0 Å². The number of nitrogens with zero attached hydrogens (tertiary/aromatic N) is 3. The number of halogens is 1. The van der Waals surface area contributed by atoms with Gasteiger partial charge in [0.25, 0.3) is 0 Å². The van der Waals surface area contributed by atoms with Crippen LogP contribution in [-0.4, -0.2) is 53.8 Å². The fourth-order valence-electron chi connectivity index (χ4n) is 2.81. The number of aliphatic hydroxyl groups excluding tert-OH is 2. The zero-order valence-electron chi connectivity index (χ0n) is 12.0. The van der Waals surface area contributed by atoms with Gasteiger partial charge < -0.3 is 25.8 Å². The molecule has 9 heteroatoms. The number of nitrogen functional groups attached to an aromatic ring is 1. The lowest BCUT2D eigenvalue weighted by Gasteiger charge is -2.27. The van der Waals surface area contributed by atoms with Crippen LogP contribution in [0.5, 0.6) is 0 Å². The standard InChI is InChI=1S/C13H17FN4O4/c1-5(19)8-9(20)13(2,21)12(22-8)18-3-6(14)7-10(15)16-4-17-11(7)18/h3-5,8-9,12,19-21H,1-2H3,(H2,15,16,17). The van der Waals surface area contributed by atoms with Crippen molar-refractivity contribution in [3.8, 4) is 0 Å². The first-order valence-corrected chi connectivity index (χ1v) is 6.75. The molecule has 1 fully saturated rings. The molecule has 0 radical (unpaired) electrons. The van der Waals surface area contributed by atoms with Crippen LogP contribution in [0.15, 0.2) is 12.5 Å². The zero-order valence-corrected chi connectivity index (χ0v) is 12.0. The molecule has 0 aliphatic carbocycles. The average molecular weight is 312 g/mol. The second-order valence-electron chi connectivity index (χ2n) is 5.71. The van der Waals surface area contributed by atoms with Crippen LogP contribution in [0.3, 0.4) is 0 Å². The van der Waals surface area contributed by atoms with Crippen LogP contribution < -0.4 is 5.73 Å². The van der Waals surface area contributed by atoms with E-state index >= 15 is 0 Å². The molecule has 0 bridgehead atoms. The number of anilines is 1. The topological polar surface area (TPSA) is 127 Å². The SMILES string of the molecule is CC(O)C1OC(n2cc(F)c3c(N)ncnc32)C(C)(O)C1O. The zero-order chi connectivity index (χ0) is 16.2. The number of ether oxygens (including phenoxy) is 1. The van der Waals surface area contributed by atoms with Crippen LogP contribution in [0, 0.1) is 5.82 Å². The summed E-state index contributed by atoms with van der Waals surface area (Å²) < 4.78 is 20.9. The van der Waals surface area contributed by atoms with Crippen LogP contribution in [0.25, 0.3) is 11.0 Å². The number of hydrogen-bond acceptors (Lipinski definition) is 7. The van der Waals surface area contributed by atoms with Crippen LogP contribution in [0.4, 0.5) is 10.2 Å². The summed E-state index contributed by atoms with van der Waals surface area (Å²) in [5.41, 5.74) is 4.03. The van der Waals surface area contributed by atoms with Gasteiger partial charge in [-0.1, -0.05) is 0 Å². The van der Waals surface area contributed by atoms with E-state index < -0.39 is 36.0 Å². The van der Waals surface area contributed by atoms with Gasteiger partial charge in [-0.25, -0.2) is 14.4 Å². The molecule has 3 heterocycles. The first-order chi connectivity index (χ1) is 10.2. The molecular formula is C13H17FN4O4. The van der Waals surface area contributed by atoms with E-state index in [1.54, 1.807) is 0 Å². The van der Waals surface area contributed by atoms with Gasteiger partial charge in [0.1, 0.15) is 30.0 Å². The maximum absolute atomic E-state index is 14.1. The fourth-order valence-corrected chi connectivity index (χ4v) is 2.81. The minimum absolute atomic E-state index is 0.0110. The maximum atomic E-state index is 14.1. The molecule has 3 rings (SSSR count). The predicted molar refractivity (Wildman–Crippen MR) is 74.1 cm³/mol. The lowest BCUT2D eigenvalue weighted by atomic mass is 9.94. The van der Waals surface area contributed by atoms with Crippen molar-refractivity contribution in [3.63, 3.8) is 0 Å². The van der Waals surface area contributed by atoms with Gasteiger partial charge in [0.15, 0.2) is 17.7 Å². The second-order valence-corrected chi connectivity index (χ2v) is 5.71. The molecule has 0 aromatic carbocycles. The summed E-state index contributed by atoms with van der Waals surface area (Å²) >= 11 is 0. The van der Waals surface area contributed by atoms with E-state index in [9.17, 15) is 19.7 Å². The van der Waals surface area contributed by atoms with Crippen molar-refractivity contribution in [1.29, 1.82) is 0 Å². The van der Waals surface area contributed by atoms with Gasteiger partial charge in [0.05, 0.1) is 11.5 Å². The minimum Gasteiger partial charge on any atom is -0.391 e. The molecule has 2 aromatic rings. The van der Waals surface area contributed by atoms with E-state index in [-0.39, 0.29) is 16.9 Å². The van der Waals surface area contributed by atoms with Crippen molar-refractivity contribution in [2.24, 2.45) is 0 Å². The Bertz CT molecular complexity index is 717. The molecule has 2 aromatic heterocycles. The number of hydrogen-bond donors (Lipinski definition) is 4. The molecule has 1 saturated heterocycles. The van der Waals surface area contributed by atoms with Gasteiger partial charge in [-0.15, -0.1) is 0 Å². The summed E-state index contributed by atoms with van der Waals surface area (Å²) in [6, 6.07) is 0. The maximum Gasteiger partial charge on any atom is 0.167 e. The van der Waals surface area contributed by atoms with Gasteiger partial charge in [-0.05, 0) is 13.8 Å². The quantitative estimate of drug-likeness (QED) is 0.591. The normalized spacial score (nSPS) is 33.5. The van der Waals surface area contributed by atoms with E-state index in [4.69, 9.17) is 10.5 Å². The largest absolute Gasteiger partial charge is 0.391 e. The molecular weight excluding hydrogens is 295 g/mol. The minimum atomic E-state index is -1.75. The Labute approximate surface area is 125 Å². The Balaban J connectivity index is 2.14. The summed E-state index contributed by atoms with van der Waals surface area (Å²) in [6.45, 7) is 2.78. The molecule has 0 spiro atoms. The Morgan fingerprint density at radius 1 is 1.50 bits per heavy atom. The molecule has 8 nitrogen and oxygen atoms in total. The Morgan fingerprint density at radius 3 is 2.77 bits per heavy atom. The lowest BCUT2D eigenvalue weighted by molar-refractivity contribution is -0.0986. The molecule has 0 amide bonds. The molecule has 1 aliphatic heterocycles. The first-order valence-electron chi connectivity index (χ1n) is 6.75. The highest BCUT2D eigenvalue weighted by atomic mass is 19.1. The van der Waals surface area contributed by atoms with Crippen molar-refractivity contribution in [2.45, 2.75) is 44.0 Å². The third-order valence-electron chi connectivity index (χ3n) is 4.02. The molecule has 1 aliphatic rings. The molecule has 120 valence electrons. The smallest absolute Gasteiger partial charge is 0.167 e. The monoisotopic (exact) mass is 312 g/mol. The highest BCUT2D eigenvalue weighted by Crippen LogP contribution is 2.41. The Kier molecular flexibility index (Phi) is 3.33. The number of nitrogens with two attached hydrogens (primary N) is 1. The van der Waals surface area contributed by atoms with Crippen LogP contribution >= 0.6 is 0 Å². The second kappa shape index (κ2) is 4.85. The summed E-state index contributed by atoms with van der Waals surface area (Å²) in [5, 5.41) is 30.4. The summed E-state index contributed by atoms with van der Waals surface area (Å²) in [7, 11) is 0. The molecule has 22 heavy (non-hydrogen) atoms. The summed E-state index contributed by atoms with van der Waals surface area (Å²) in [5.74, 6) is -0.700. The Morgan fingerprint density at radius 2 is 2.18 bits per heavy atom. The third-order valence-corrected chi connectivity index (χ3v) is 4.02. The van der Waals surface area contributed by atoms with E-state index in [1.807, 2.05) is 0 Å².